The van der Waals surface area contributed by atoms with Gasteiger partial charge >= 0.3 is 11.9 Å². The predicted octanol–water partition coefficient (Wildman–Crippen LogP) is 1.24. The average molecular weight is 207 g/mol. The Bertz CT molecular complexity index is 245. The van der Waals surface area contributed by atoms with E-state index >= 15 is 0 Å². The Balaban J connectivity index is 4.60. The fourth-order valence-electron chi connectivity index (χ4n) is 0.590. The third kappa shape index (κ3) is 3.46. The first-order valence-corrected chi connectivity index (χ1v) is 4.04. The van der Waals surface area contributed by atoms with Gasteiger partial charge in [0.25, 0.3) is 0 Å². The maximum atomic E-state index is 11.0. The minimum Gasteiger partial charge on any atom is -0.466 e. The van der Waals surface area contributed by atoms with E-state index < -0.39 is 11.9 Å². The van der Waals surface area contributed by atoms with Gasteiger partial charge in [-0.15, -0.1) is 0 Å². The van der Waals surface area contributed by atoms with Gasteiger partial charge in [0, 0.05) is 0 Å². The summed E-state index contributed by atoms with van der Waals surface area (Å²) < 4.78 is 8.96. The van der Waals surface area contributed by atoms with E-state index in [1.165, 1.54) is 14.0 Å². The van der Waals surface area contributed by atoms with Crippen molar-refractivity contribution >= 4 is 23.5 Å². The van der Waals surface area contributed by atoms with E-state index in [2.05, 4.69) is 9.47 Å². The SMILES string of the molecule is CCOC(=O)/C(Cl)=C(\C)C(=O)OC. The van der Waals surface area contributed by atoms with Gasteiger partial charge in [-0.3, -0.25) is 0 Å². The second kappa shape index (κ2) is 5.59. The van der Waals surface area contributed by atoms with Crippen LogP contribution in [0.3, 0.4) is 0 Å². The molecule has 0 aromatic heterocycles. The molecule has 0 aliphatic heterocycles. The molecule has 0 bridgehead atoms. The van der Waals surface area contributed by atoms with Crippen molar-refractivity contribution in [1.29, 1.82) is 0 Å². The number of ether oxygens (including phenoxy) is 2. The lowest BCUT2D eigenvalue weighted by molar-refractivity contribution is -0.140. The van der Waals surface area contributed by atoms with Crippen LogP contribution in [0.25, 0.3) is 0 Å². The van der Waals surface area contributed by atoms with Crippen LogP contribution in [0.1, 0.15) is 13.8 Å². The topological polar surface area (TPSA) is 52.6 Å². The minimum absolute atomic E-state index is 0.0441. The van der Waals surface area contributed by atoms with Gasteiger partial charge in [0.05, 0.1) is 19.3 Å². The molecule has 0 aliphatic carbocycles. The summed E-state index contributed by atoms with van der Waals surface area (Å²) in [6.07, 6.45) is 0. The summed E-state index contributed by atoms with van der Waals surface area (Å²) in [5.41, 5.74) is 0.0441. The summed E-state index contributed by atoms with van der Waals surface area (Å²) in [7, 11) is 1.21. The van der Waals surface area contributed by atoms with Gasteiger partial charge in [0.15, 0.2) is 0 Å². The van der Waals surface area contributed by atoms with Crippen molar-refractivity contribution in [3.05, 3.63) is 10.6 Å². The highest BCUT2D eigenvalue weighted by Crippen LogP contribution is 2.12. The molecule has 13 heavy (non-hydrogen) atoms. The normalized spacial score (nSPS) is 11.7. The molecule has 0 rings (SSSR count). The Labute approximate surface area is 81.5 Å². The molecule has 5 heteroatoms. The van der Waals surface area contributed by atoms with E-state index in [9.17, 15) is 9.59 Å². The molecule has 0 N–H and O–H groups in total. The van der Waals surface area contributed by atoms with Gasteiger partial charge in [-0.2, -0.15) is 0 Å². The number of hydrogen-bond donors (Lipinski definition) is 0. The molecule has 0 amide bonds. The van der Waals surface area contributed by atoms with E-state index in [0.717, 1.165) is 0 Å². The van der Waals surface area contributed by atoms with Crippen LogP contribution in [-0.4, -0.2) is 25.7 Å². The Hall–Kier alpha value is -1.03. The third-order valence-electron chi connectivity index (χ3n) is 1.28. The largest absolute Gasteiger partial charge is 0.466 e. The number of halogens is 1. The Morgan fingerprint density at radius 3 is 2.23 bits per heavy atom. The van der Waals surface area contributed by atoms with E-state index in [1.807, 2.05) is 0 Å². The third-order valence-corrected chi connectivity index (χ3v) is 1.71. The highest BCUT2D eigenvalue weighted by atomic mass is 35.5. The van der Waals surface area contributed by atoms with Crippen LogP contribution in [0.15, 0.2) is 10.6 Å². The first-order valence-electron chi connectivity index (χ1n) is 3.66. The number of hydrogen-bond acceptors (Lipinski definition) is 4. The Morgan fingerprint density at radius 2 is 1.85 bits per heavy atom. The standard InChI is InChI=1S/C8H11ClO4/c1-4-13-8(11)6(9)5(2)7(10)12-3/h4H2,1-3H3/b6-5-. The van der Waals surface area contributed by atoms with Crippen LogP contribution in [-0.2, 0) is 19.1 Å². The lowest BCUT2D eigenvalue weighted by Gasteiger charge is -2.03. The molecule has 0 fully saturated rings. The molecular formula is C8H11ClO4. The molecule has 0 aromatic carbocycles. The second-order valence-corrected chi connectivity index (χ2v) is 2.53. The van der Waals surface area contributed by atoms with Crippen molar-refractivity contribution in [1.82, 2.24) is 0 Å². The maximum absolute atomic E-state index is 11.0. The zero-order valence-electron chi connectivity index (χ0n) is 7.72. The second-order valence-electron chi connectivity index (χ2n) is 2.15. The van der Waals surface area contributed by atoms with Crippen LogP contribution >= 0.6 is 11.6 Å². The van der Waals surface area contributed by atoms with Gasteiger partial charge in [0.2, 0.25) is 0 Å². The van der Waals surface area contributed by atoms with E-state index in [1.54, 1.807) is 6.92 Å². The molecule has 4 nitrogen and oxygen atoms in total. The zero-order chi connectivity index (χ0) is 10.4. The van der Waals surface area contributed by atoms with Crippen molar-refractivity contribution in [2.45, 2.75) is 13.8 Å². The monoisotopic (exact) mass is 206 g/mol. The molecule has 0 spiro atoms. The van der Waals surface area contributed by atoms with E-state index in [4.69, 9.17) is 11.6 Å². The molecule has 0 radical (unpaired) electrons. The molecule has 0 saturated carbocycles. The van der Waals surface area contributed by atoms with Crippen LogP contribution in [0.5, 0.6) is 0 Å². The number of methoxy groups -OCH3 is 1. The fourth-order valence-corrected chi connectivity index (χ4v) is 0.722. The molecule has 0 aliphatic rings. The maximum Gasteiger partial charge on any atom is 0.350 e. The smallest absolute Gasteiger partial charge is 0.350 e. The first kappa shape index (κ1) is 12.0. The zero-order valence-corrected chi connectivity index (χ0v) is 8.47. The summed E-state index contributed by atoms with van der Waals surface area (Å²) in [4.78, 5) is 21.9. The molecule has 74 valence electrons. The highest BCUT2D eigenvalue weighted by Gasteiger charge is 2.16. The van der Waals surface area contributed by atoms with Crippen molar-refractivity contribution in [3.63, 3.8) is 0 Å². The fraction of sp³-hybridized carbons (Fsp3) is 0.500. The molecular weight excluding hydrogens is 196 g/mol. The van der Waals surface area contributed by atoms with Crippen molar-refractivity contribution in [2.24, 2.45) is 0 Å². The van der Waals surface area contributed by atoms with Crippen LogP contribution in [0.4, 0.5) is 0 Å². The number of esters is 2. The van der Waals surface area contributed by atoms with Gasteiger partial charge in [-0.25, -0.2) is 9.59 Å². The summed E-state index contributed by atoms with van der Waals surface area (Å²) in [6.45, 7) is 3.25. The average Bonchev–Trinajstić information content (AvgIpc) is 2.14. The van der Waals surface area contributed by atoms with Crippen molar-refractivity contribution < 1.29 is 19.1 Å². The lowest BCUT2D eigenvalue weighted by Crippen LogP contribution is -2.10. The molecule has 0 aromatic rings. The van der Waals surface area contributed by atoms with Gasteiger partial charge in [-0.1, -0.05) is 11.6 Å². The van der Waals surface area contributed by atoms with Gasteiger partial charge in [0.1, 0.15) is 5.03 Å². The number of carbonyl (C=O) groups excluding carboxylic acids is 2. The first-order chi connectivity index (χ1) is 6.04. The number of rotatable bonds is 3. The van der Waals surface area contributed by atoms with E-state index in [-0.39, 0.29) is 17.2 Å². The summed E-state index contributed by atoms with van der Waals surface area (Å²) in [5, 5.41) is -0.242. The Morgan fingerprint density at radius 1 is 1.31 bits per heavy atom. The quantitative estimate of drug-likeness (QED) is 0.515. The predicted molar refractivity (Wildman–Crippen MR) is 47.2 cm³/mol. The molecule has 0 atom stereocenters. The van der Waals surface area contributed by atoms with Crippen LogP contribution < -0.4 is 0 Å². The lowest BCUT2D eigenvalue weighted by atomic mass is 10.3. The summed E-state index contributed by atoms with van der Waals surface area (Å²) in [6, 6.07) is 0. The highest BCUT2D eigenvalue weighted by molar-refractivity contribution is 6.43. The Kier molecular flexibility index (Phi) is 5.14. The molecule has 0 saturated heterocycles. The van der Waals surface area contributed by atoms with Crippen LogP contribution in [0.2, 0.25) is 0 Å². The van der Waals surface area contributed by atoms with Gasteiger partial charge < -0.3 is 9.47 Å². The van der Waals surface area contributed by atoms with Crippen molar-refractivity contribution in [2.75, 3.05) is 13.7 Å². The molecule has 0 heterocycles. The van der Waals surface area contributed by atoms with Gasteiger partial charge in [-0.05, 0) is 13.8 Å². The molecule has 0 unspecified atom stereocenters. The number of carbonyl (C=O) groups is 2. The van der Waals surface area contributed by atoms with E-state index in [0.29, 0.717) is 0 Å². The minimum atomic E-state index is -0.716. The van der Waals surface area contributed by atoms with Crippen molar-refractivity contribution in [3.8, 4) is 0 Å². The summed E-state index contributed by atoms with van der Waals surface area (Å²) in [5.74, 6) is -1.36. The summed E-state index contributed by atoms with van der Waals surface area (Å²) >= 11 is 5.54. The van der Waals surface area contributed by atoms with Crippen LogP contribution in [0, 0.1) is 0 Å².